The standard InChI is InChI=1S/C34H41N5O11S/c1-20(2)30(33(46)36-23(16-28(40)41)13-14-51(3,48)49)39-32(45)26(15-22-18-35-25-12-8-7-11-24(22)25)37-31(44)27(17-29(42)43)38-34(47)50-19-21-9-5-4-6-10-21/h4-14,18,20,23,26-27,30,35H,15-17,19H2,1-3H3,(H,36,46)(H,37,44)(H,38,47)(H,39,45)(H,40,41)(H,42,43). The highest BCUT2D eigenvalue weighted by atomic mass is 32.2. The zero-order chi connectivity index (χ0) is 37.7. The number of aromatic amines is 1. The first kappa shape index (κ1) is 39.7. The summed E-state index contributed by atoms with van der Waals surface area (Å²) in [7, 11) is -3.66. The Hall–Kier alpha value is -5.71. The fourth-order valence-corrected chi connectivity index (χ4v) is 5.42. The summed E-state index contributed by atoms with van der Waals surface area (Å²) in [5.74, 6) is -6.03. The van der Waals surface area contributed by atoms with Crippen LogP contribution in [0.15, 0.2) is 72.3 Å². The third-order valence-electron chi connectivity index (χ3n) is 7.46. The predicted octanol–water partition coefficient (Wildman–Crippen LogP) is 1.62. The minimum absolute atomic E-state index is 0.134. The Kier molecular flexibility index (Phi) is 14.3. The van der Waals surface area contributed by atoms with Gasteiger partial charge in [-0.25, -0.2) is 13.2 Å². The second kappa shape index (κ2) is 18.3. The number of aliphatic carboxylic acids is 2. The van der Waals surface area contributed by atoms with Crippen molar-refractivity contribution in [3.8, 4) is 0 Å². The summed E-state index contributed by atoms with van der Waals surface area (Å²) in [4.78, 5) is 79.5. The molecule has 0 bridgehead atoms. The molecule has 0 aliphatic rings. The summed E-state index contributed by atoms with van der Waals surface area (Å²) in [6.07, 6.45) is 0.828. The van der Waals surface area contributed by atoms with Crippen LogP contribution in [0.5, 0.6) is 0 Å². The highest BCUT2D eigenvalue weighted by molar-refractivity contribution is 7.93. The molecule has 0 radical (unpaired) electrons. The number of rotatable bonds is 18. The van der Waals surface area contributed by atoms with Crippen LogP contribution in [0.4, 0.5) is 4.79 Å². The van der Waals surface area contributed by atoms with Gasteiger partial charge in [-0.1, -0.05) is 68.5 Å². The monoisotopic (exact) mass is 727 g/mol. The van der Waals surface area contributed by atoms with Gasteiger partial charge in [0, 0.05) is 35.2 Å². The summed E-state index contributed by atoms with van der Waals surface area (Å²) in [5.41, 5.74) is 1.97. The van der Waals surface area contributed by atoms with Gasteiger partial charge in [-0.3, -0.25) is 24.0 Å². The summed E-state index contributed by atoms with van der Waals surface area (Å²) >= 11 is 0. The van der Waals surface area contributed by atoms with Gasteiger partial charge in [0.2, 0.25) is 17.7 Å². The fraction of sp³-hybridized carbons (Fsp3) is 0.353. The van der Waals surface area contributed by atoms with Gasteiger partial charge in [0.25, 0.3) is 0 Å². The van der Waals surface area contributed by atoms with E-state index in [-0.39, 0.29) is 13.0 Å². The second-order valence-electron chi connectivity index (χ2n) is 12.1. The summed E-state index contributed by atoms with van der Waals surface area (Å²) < 4.78 is 28.4. The number of carboxylic acid groups (broad SMARTS) is 2. The number of benzene rings is 2. The van der Waals surface area contributed by atoms with Crippen molar-refractivity contribution >= 4 is 56.5 Å². The molecule has 0 saturated heterocycles. The molecule has 3 aromatic rings. The van der Waals surface area contributed by atoms with Crippen LogP contribution in [0.25, 0.3) is 10.9 Å². The number of fused-ring (bicyclic) bond motifs is 1. The van der Waals surface area contributed by atoms with Crippen molar-refractivity contribution in [1.29, 1.82) is 0 Å². The predicted molar refractivity (Wildman–Crippen MR) is 185 cm³/mol. The molecular weight excluding hydrogens is 686 g/mol. The summed E-state index contributed by atoms with van der Waals surface area (Å²) in [6, 6.07) is 10.2. The number of hydrogen-bond donors (Lipinski definition) is 7. The normalized spacial score (nSPS) is 13.9. The molecule has 51 heavy (non-hydrogen) atoms. The number of sulfone groups is 1. The zero-order valence-electron chi connectivity index (χ0n) is 28.1. The molecule has 1 heterocycles. The molecule has 0 aliphatic carbocycles. The van der Waals surface area contributed by atoms with Crippen molar-refractivity contribution in [3.05, 3.63) is 83.4 Å². The molecule has 4 unspecified atom stereocenters. The van der Waals surface area contributed by atoms with E-state index in [0.29, 0.717) is 11.1 Å². The maximum Gasteiger partial charge on any atom is 0.408 e. The smallest absolute Gasteiger partial charge is 0.408 e. The topological polar surface area (TPSA) is 250 Å². The average molecular weight is 728 g/mol. The lowest BCUT2D eigenvalue weighted by atomic mass is 10.00. The second-order valence-corrected chi connectivity index (χ2v) is 14.0. The van der Waals surface area contributed by atoms with Crippen LogP contribution < -0.4 is 21.3 Å². The van der Waals surface area contributed by atoms with Gasteiger partial charge in [0.15, 0.2) is 9.84 Å². The van der Waals surface area contributed by atoms with Crippen molar-refractivity contribution in [2.45, 2.75) is 63.9 Å². The van der Waals surface area contributed by atoms with E-state index in [1.807, 2.05) is 0 Å². The van der Waals surface area contributed by atoms with Crippen molar-refractivity contribution in [2.24, 2.45) is 5.92 Å². The fourth-order valence-electron chi connectivity index (χ4n) is 4.95. The number of ether oxygens (including phenoxy) is 1. The number of aromatic nitrogens is 1. The third-order valence-corrected chi connectivity index (χ3v) is 8.11. The number of para-hydroxylation sites is 1. The molecular formula is C34H41N5O11S. The van der Waals surface area contributed by atoms with E-state index in [4.69, 9.17) is 4.74 Å². The van der Waals surface area contributed by atoms with Gasteiger partial charge < -0.3 is 41.2 Å². The number of carboxylic acids is 2. The first-order valence-corrected chi connectivity index (χ1v) is 17.7. The van der Waals surface area contributed by atoms with E-state index >= 15 is 0 Å². The summed E-state index contributed by atoms with van der Waals surface area (Å²) in [6.45, 7) is 3.05. The largest absolute Gasteiger partial charge is 0.481 e. The lowest BCUT2D eigenvalue weighted by molar-refractivity contribution is -0.140. The minimum Gasteiger partial charge on any atom is -0.481 e. The molecule has 1 aromatic heterocycles. The molecule has 17 heteroatoms. The number of hydrogen-bond acceptors (Lipinski definition) is 9. The Bertz CT molecular complexity index is 1860. The quantitative estimate of drug-likeness (QED) is 0.0992. The number of alkyl carbamates (subject to hydrolysis) is 1. The van der Waals surface area contributed by atoms with Crippen LogP contribution in [0.1, 0.15) is 37.8 Å². The number of nitrogens with one attached hydrogen (secondary N) is 5. The Morgan fingerprint density at radius 2 is 1.43 bits per heavy atom. The Balaban J connectivity index is 1.86. The van der Waals surface area contributed by atoms with Gasteiger partial charge in [0.1, 0.15) is 24.7 Å². The SMILES string of the molecule is CC(C)C(NC(=O)C(Cc1c[nH]c2ccccc12)NC(=O)C(CC(=O)O)NC(=O)OCc1ccccc1)C(=O)NC(C=CS(C)(=O)=O)CC(=O)O. The van der Waals surface area contributed by atoms with E-state index in [1.54, 1.807) is 74.6 Å². The van der Waals surface area contributed by atoms with E-state index < -0.39 is 88.5 Å². The van der Waals surface area contributed by atoms with Crippen LogP contribution >= 0.6 is 0 Å². The van der Waals surface area contributed by atoms with Crippen LogP contribution in [0.3, 0.4) is 0 Å². The van der Waals surface area contributed by atoms with E-state index in [0.717, 1.165) is 28.6 Å². The Morgan fingerprint density at radius 1 is 0.804 bits per heavy atom. The minimum atomic E-state index is -3.66. The molecule has 2 aromatic carbocycles. The Labute approximate surface area is 293 Å². The average Bonchev–Trinajstić information content (AvgIpc) is 3.46. The number of amides is 4. The molecule has 0 fully saturated rings. The van der Waals surface area contributed by atoms with Gasteiger partial charge in [-0.05, 0) is 23.1 Å². The molecule has 4 atom stereocenters. The third kappa shape index (κ3) is 13.3. The van der Waals surface area contributed by atoms with Gasteiger partial charge >= 0.3 is 18.0 Å². The lowest BCUT2D eigenvalue weighted by Gasteiger charge is -2.27. The van der Waals surface area contributed by atoms with Crippen molar-refractivity contribution in [1.82, 2.24) is 26.3 Å². The first-order chi connectivity index (χ1) is 24.0. The number of carbonyl (C=O) groups excluding carboxylic acids is 4. The number of carbonyl (C=O) groups is 6. The number of H-pyrrole nitrogens is 1. The van der Waals surface area contributed by atoms with E-state index in [1.165, 1.54) is 0 Å². The molecule has 0 aliphatic heterocycles. The van der Waals surface area contributed by atoms with Gasteiger partial charge in [-0.2, -0.15) is 0 Å². The van der Waals surface area contributed by atoms with Crippen LogP contribution in [-0.4, -0.2) is 89.8 Å². The maximum absolute atomic E-state index is 13.9. The molecule has 16 nitrogen and oxygen atoms in total. The molecule has 0 saturated carbocycles. The lowest BCUT2D eigenvalue weighted by Crippen LogP contribution is -2.59. The zero-order valence-corrected chi connectivity index (χ0v) is 28.9. The molecule has 4 amide bonds. The summed E-state index contributed by atoms with van der Waals surface area (Å²) in [5, 5.41) is 30.0. The highest BCUT2D eigenvalue weighted by Gasteiger charge is 2.33. The molecule has 0 spiro atoms. The van der Waals surface area contributed by atoms with Crippen LogP contribution in [-0.2, 0) is 51.6 Å². The van der Waals surface area contributed by atoms with Crippen LogP contribution in [0, 0.1) is 5.92 Å². The molecule has 3 rings (SSSR count). The molecule has 7 N–H and O–H groups in total. The molecule has 274 valence electrons. The van der Waals surface area contributed by atoms with Crippen molar-refractivity contribution in [2.75, 3.05) is 6.26 Å². The first-order valence-electron chi connectivity index (χ1n) is 15.8. The van der Waals surface area contributed by atoms with E-state index in [2.05, 4.69) is 26.3 Å². The van der Waals surface area contributed by atoms with E-state index in [9.17, 15) is 47.4 Å². The van der Waals surface area contributed by atoms with Crippen LogP contribution in [0.2, 0.25) is 0 Å². The Morgan fingerprint density at radius 3 is 2.06 bits per heavy atom. The van der Waals surface area contributed by atoms with Crippen molar-refractivity contribution < 1.29 is 52.1 Å². The highest BCUT2D eigenvalue weighted by Crippen LogP contribution is 2.20. The van der Waals surface area contributed by atoms with Gasteiger partial charge in [-0.15, -0.1) is 0 Å². The maximum atomic E-state index is 13.9. The van der Waals surface area contributed by atoms with Gasteiger partial charge in [0.05, 0.1) is 18.9 Å². The van der Waals surface area contributed by atoms with Crippen molar-refractivity contribution in [3.63, 3.8) is 0 Å².